The predicted octanol–water partition coefficient (Wildman–Crippen LogP) is 3.68. The normalized spacial score (nSPS) is 22.6. The SMILES string of the molecule is Cc1noc(C)c1CN(C)C(=O)[C@@]1(c2cccs2)CC1(C)C. The van der Waals surface area contributed by atoms with Crippen LogP contribution in [0.1, 0.15) is 42.2 Å². The monoisotopic (exact) mass is 318 g/mol. The van der Waals surface area contributed by atoms with Crippen LogP contribution in [-0.2, 0) is 16.8 Å². The number of amides is 1. The predicted molar refractivity (Wildman–Crippen MR) is 86.8 cm³/mol. The number of aromatic nitrogens is 1. The molecule has 1 atom stereocenters. The zero-order valence-electron chi connectivity index (χ0n) is 13.8. The van der Waals surface area contributed by atoms with Crippen LogP contribution in [0.25, 0.3) is 0 Å². The molecule has 0 bridgehead atoms. The van der Waals surface area contributed by atoms with Crippen molar-refractivity contribution >= 4 is 17.2 Å². The highest BCUT2D eigenvalue weighted by Crippen LogP contribution is 2.66. The lowest BCUT2D eigenvalue weighted by molar-refractivity contribution is -0.134. The van der Waals surface area contributed by atoms with Crippen molar-refractivity contribution in [2.45, 2.75) is 46.1 Å². The minimum Gasteiger partial charge on any atom is -0.361 e. The van der Waals surface area contributed by atoms with E-state index in [-0.39, 0.29) is 16.7 Å². The summed E-state index contributed by atoms with van der Waals surface area (Å²) in [6.45, 7) is 8.70. The number of hydrogen-bond acceptors (Lipinski definition) is 4. The molecule has 0 N–H and O–H groups in total. The lowest BCUT2D eigenvalue weighted by atomic mass is 9.92. The number of nitrogens with zero attached hydrogens (tertiary/aromatic N) is 2. The number of likely N-dealkylation sites (N-methyl/N-ethyl adjacent to an activating group) is 1. The van der Waals surface area contributed by atoms with Gasteiger partial charge in [-0.3, -0.25) is 4.79 Å². The summed E-state index contributed by atoms with van der Waals surface area (Å²) in [4.78, 5) is 16.2. The van der Waals surface area contributed by atoms with E-state index < -0.39 is 0 Å². The standard InChI is InChI=1S/C17H22N2O2S/c1-11-13(12(2)21-18-11)9-19(5)15(20)17(10-16(17,3)4)14-7-6-8-22-14/h6-8H,9-10H2,1-5H3/t17-/m0/s1. The maximum Gasteiger partial charge on any atom is 0.234 e. The van der Waals surface area contributed by atoms with Crippen molar-refractivity contribution in [3.05, 3.63) is 39.4 Å². The molecule has 2 aromatic rings. The van der Waals surface area contributed by atoms with Crippen LogP contribution in [0.15, 0.2) is 22.0 Å². The molecular weight excluding hydrogens is 296 g/mol. The number of rotatable bonds is 4. The van der Waals surface area contributed by atoms with Crippen molar-refractivity contribution in [2.75, 3.05) is 7.05 Å². The molecule has 118 valence electrons. The van der Waals surface area contributed by atoms with Crippen LogP contribution in [0.3, 0.4) is 0 Å². The largest absolute Gasteiger partial charge is 0.361 e. The van der Waals surface area contributed by atoms with E-state index in [9.17, 15) is 4.79 Å². The molecule has 0 radical (unpaired) electrons. The lowest BCUT2D eigenvalue weighted by Gasteiger charge is -2.26. The van der Waals surface area contributed by atoms with Gasteiger partial charge in [-0.25, -0.2) is 0 Å². The molecule has 1 amide bonds. The average Bonchev–Trinajstić information content (AvgIpc) is 2.87. The Morgan fingerprint density at radius 1 is 1.45 bits per heavy atom. The van der Waals surface area contributed by atoms with Gasteiger partial charge in [0, 0.05) is 17.5 Å². The van der Waals surface area contributed by atoms with E-state index in [1.54, 1.807) is 11.3 Å². The highest BCUT2D eigenvalue weighted by molar-refractivity contribution is 7.10. The third-order valence-corrected chi connectivity index (χ3v) is 6.00. The molecule has 0 aliphatic heterocycles. The first-order valence-electron chi connectivity index (χ1n) is 7.51. The number of aryl methyl sites for hydroxylation is 2. The smallest absolute Gasteiger partial charge is 0.234 e. The molecule has 0 spiro atoms. The molecule has 22 heavy (non-hydrogen) atoms. The Hall–Kier alpha value is -1.62. The van der Waals surface area contributed by atoms with Gasteiger partial charge in [0.2, 0.25) is 5.91 Å². The van der Waals surface area contributed by atoms with Crippen molar-refractivity contribution in [1.29, 1.82) is 0 Å². The first-order chi connectivity index (χ1) is 10.3. The summed E-state index contributed by atoms with van der Waals surface area (Å²) in [6.07, 6.45) is 0.908. The van der Waals surface area contributed by atoms with Crippen molar-refractivity contribution in [1.82, 2.24) is 10.1 Å². The van der Waals surface area contributed by atoms with E-state index in [4.69, 9.17) is 4.52 Å². The number of thiophene rings is 1. The summed E-state index contributed by atoms with van der Waals surface area (Å²) in [6, 6.07) is 4.11. The Morgan fingerprint density at radius 3 is 2.59 bits per heavy atom. The van der Waals surface area contributed by atoms with Gasteiger partial charge >= 0.3 is 0 Å². The van der Waals surface area contributed by atoms with Crippen LogP contribution in [0, 0.1) is 19.3 Å². The van der Waals surface area contributed by atoms with Crippen LogP contribution < -0.4 is 0 Å². The van der Waals surface area contributed by atoms with Crippen molar-refractivity contribution < 1.29 is 9.32 Å². The second-order valence-electron chi connectivity index (χ2n) is 6.91. The molecule has 3 rings (SSSR count). The molecule has 1 saturated carbocycles. The molecular formula is C17H22N2O2S. The van der Waals surface area contributed by atoms with Gasteiger partial charge in [0.1, 0.15) is 5.76 Å². The molecule has 1 aliphatic rings. The third kappa shape index (κ3) is 2.10. The van der Waals surface area contributed by atoms with Crippen molar-refractivity contribution in [3.63, 3.8) is 0 Å². The maximum atomic E-state index is 13.2. The highest BCUT2D eigenvalue weighted by atomic mass is 32.1. The topological polar surface area (TPSA) is 46.3 Å². The Kier molecular flexibility index (Phi) is 3.44. The molecule has 2 heterocycles. The Labute approximate surface area is 135 Å². The van der Waals surface area contributed by atoms with Gasteiger partial charge in [0.15, 0.2) is 0 Å². The molecule has 1 fully saturated rings. The maximum absolute atomic E-state index is 13.2. The van der Waals surface area contributed by atoms with Gasteiger partial charge in [-0.2, -0.15) is 0 Å². The van der Waals surface area contributed by atoms with Gasteiger partial charge in [-0.05, 0) is 37.1 Å². The van der Waals surface area contributed by atoms with E-state index in [0.717, 1.165) is 23.4 Å². The van der Waals surface area contributed by atoms with E-state index in [1.807, 2.05) is 37.2 Å². The van der Waals surface area contributed by atoms with Crippen LogP contribution in [0.2, 0.25) is 0 Å². The van der Waals surface area contributed by atoms with Crippen molar-refractivity contribution in [2.24, 2.45) is 5.41 Å². The van der Waals surface area contributed by atoms with Gasteiger partial charge in [0.05, 0.1) is 17.7 Å². The first kappa shape index (κ1) is 15.3. The average molecular weight is 318 g/mol. The Morgan fingerprint density at radius 2 is 2.14 bits per heavy atom. The van der Waals surface area contributed by atoms with Crippen LogP contribution in [-0.4, -0.2) is 23.0 Å². The zero-order chi connectivity index (χ0) is 16.1. The molecule has 0 unspecified atom stereocenters. The highest BCUT2D eigenvalue weighted by Gasteiger charge is 2.68. The third-order valence-electron chi connectivity index (χ3n) is 4.97. The van der Waals surface area contributed by atoms with Gasteiger partial charge in [-0.1, -0.05) is 25.1 Å². The molecule has 0 saturated heterocycles. The van der Waals surface area contributed by atoms with Crippen molar-refractivity contribution in [3.8, 4) is 0 Å². The van der Waals surface area contributed by atoms with Crippen LogP contribution >= 0.6 is 11.3 Å². The summed E-state index contributed by atoms with van der Waals surface area (Å²) >= 11 is 1.68. The van der Waals surface area contributed by atoms with E-state index in [1.165, 1.54) is 4.88 Å². The summed E-state index contributed by atoms with van der Waals surface area (Å²) in [5.41, 5.74) is 1.52. The number of carbonyl (C=O) groups is 1. The Bertz CT molecular complexity index is 683. The fourth-order valence-electron chi connectivity index (χ4n) is 3.39. The minimum absolute atomic E-state index is 0.0158. The van der Waals surface area contributed by atoms with E-state index >= 15 is 0 Å². The van der Waals surface area contributed by atoms with Gasteiger partial charge in [-0.15, -0.1) is 11.3 Å². The zero-order valence-corrected chi connectivity index (χ0v) is 14.6. The number of hydrogen-bond donors (Lipinski definition) is 0. The van der Waals surface area contributed by atoms with E-state index in [0.29, 0.717) is 6.54 Å². The number of carbonyl (C=O) groups excluding carboxylic acids is 1. The second kappa shape index (κ2) is 4.95. The second-order valence-corrected chi connectivity index (χ2v) is 7.85. The first-order valence-corrected chi connectivity index (χ1v) is 8.39. The summed E-state index contributed by atoms with van der Waals surface area (Å²) < 4.78 is 5.20. The molecule has 1 aliphatic carbocycles. The van der Waals surface area contributed by atoms with Crippen LogP contribution in [0.5, 0.6) is 0 Å². The quantitative estimate of drug-likeness (QED) is 0.864. The van der Waals surface area contributed by atoms with E-state index in [2.05, 4.69) is 25.1 Å². The molecule has 5 heteroatoms. The summed E-state index contributed by atoms with van der Waals surface area (Å²) in [5.74, 6) is 0.984. The fourth-order valence-corrected chi connectivity index (χ4v) is 4.49. The minimum atomic E-state index is -0.366. The molecule has 0 aromatic carbocycles. The van der Waals surface area contributed by atoms with Crippen LogP contribution in [0.4, 0.5) is 0 Å². The summed E-state index contributed by atoms with van der Waals surface area (Å²) in [7, 11) is 1.87. The molecule has 4 nitrogen and oxygen atoms in total. The summed E-state index contributed by atoms with van der Waals surface area (Å²) in [5, 5.41) is 6.02. The molecule has 2 aromatic heterocycles. The fraction of sp³-hybridized carbons (Fsp3) is 0.529. The van der Waals surface area contributed by atoms with Gasteiger partial charge in [0.25, 0.3) is 0 Å². The Balaban J connectivity index is 1.87. The van der Waals surface area contributed by atoms with Gasteiger partial charge < -0.3 is 9.42 Å². The lowest BCUT2D eigenvalue weighted by Crippen LogP contribution is -2.38.